The summed E-state index contributed by atoms with van der Waals surface area (Å²) in [4.78, 5) is 11.7. The van der Waals surface area contributed by atoms with Gasteiger partial charge in [0.05, 0.1) is 0 Å². The third-order valence-corrected chi connectivity index (χ3v) is 2.38. The maximum Gasteiger partial charge on any atom is 0.183 e. The molecule has 14 heavy (non-hydrogen) atoms. The van der Waals surface area contributed by atoms with Gasteiger partial charge in [-0.05, 0) is 11.6 Å². The fourth-order valence-corrected chi connectivity index (χ4v) is 1.52. The molecule has 1 aromatic rings. The number of rotatable bonds is 1. The molecule has 0 aliphatic heterocycles. The van der Waals surface area contributed by atoms with Gasteiger partial charge in [0.15, 0.2) is 5.78 Å². The molecule has 1 atom stereocenters. The summed E-state index contributed by atoms with van der Waals surface area (Å²) in [5.41, 5.74) is 5.88. The van der Waals surface area contributed by atoms with Crippen molar-refractivity contribution < 1.29 is 4.79 Å². The van der Waals surface area contributed by atoms with Crippen LogP contribution < -0.4 is 5.73 Å². The lowest BCUT2D eigenvalue weighted by Crippen LogP contribution is -2.43. The van der Waals surface area contributed by atoms with Crippen molar-refractivity contribution >= 4 is 5.78 Å². The molecule has 1 aromatic carbocycles. The van der Waals surface area contributed by atoms with Gasteiger partial charge in [-0.15, -0.1) is 0 Å². The van der Waals surface area contributed by atoms with Gasteiger partial charge in [-0.3, -0.25) is 4.79 Å². The molecule has 2 heteroatoms. The molecule has 1 aliphatic carbocycles. The zero-order valence-electron chi connectivity index (χ0n) is 7.68. The van der Waals surface area contributed by atoms with Crippen LogP contribution in [0.4, 0.5) is 0 Å². The number of nitrogens with two attached hydrogens (primary N) is 1. The average Bonchev–Trinajstić information content (AvgIpc) is 2.24. The van der Waals surface area contributed by atoms with Crippen molar-refractivity contribution in [3.63, 3.8) is 0 Å². The lowest BCUT2D eigenvalue weighted by atomic mass is 9.84. The summed E-state index contributed by atoms with van der Waals surface area (Å²) >= 11 is 0. The Morgan fingerprint density at radius 2 is 1.79 bits per heavy atom. The first kappa shape index (κ1) is 8.91. The van der Waals surface area contributed by atoms with Crippen molar-refractivity contribution in [3.8, 4) is 0 Å². The number of hydrogen-bond acceptors (Lipinski definition) is 2. The second-order valence-corrected chi connectivity index (χ2v) is 3.32. The molecule has 70 valence electrons. The van der Waals surface area contributed by atoms with E-state index >= 15 is 0 Å². The fraction of sp³-hybridized carbons (Fsp3) is 0.0833. The highest BCUT2D eigenvalue weighted by Crippen LogP contribution is 2.23. The lowest BCUT2D eigenvalue weighted by molar-refractivity contribution is -0.118. The van der Waals surface area contributed by atoms with Gasteiger partial charge in [-0.2, -0.15) is 0 Å². The summed E-state index contributed by atoms with van der Waals surface area (Å²) < 4.78 is 0. The average molecular weight is 185 g/mol. The fourth-order valence-electron chi connectivity index (χ4n) is 1.52. The summed E-state index contributed by atoms with van der Waals surface area (Å²) in [5, 5.41) is 0. The molecular weight excluding hydrogens is 174 g/mol. The topological polar surface area (TPSA) is 43.1 Å². The minimum absolute atomic E-state index is 0.0776. The van der Waals surface area contributed by atoms with E-state index in [1.54, 1.807) is 18.2 Å². The van der Waals surface area contributed by atoms with E-state index in [4.69, 9.17) is 5.73 Å². The number of carbonyl (C=O) groups is 1. The van der Waals surface area contributed by atoms with E-state index in [1.165, 1.54) is 6.08 Å². The van der Waals surface area contributed by atoms with Crippen LogP contribution in [0, 0.1) is 0 Å². The molecule has 0 saturated heterocycles. The first-order valence-corrected chi connectivity index (χ1v) is 4.48. The van der Waals surface area contributed by atoms with Crippen LogP contribution in [0.5, 0.6) is 0 Å². The molecule has 0 heterocycles. The first-order chi connectivity index (χ1) is 6.73. The summed E-state index contributed by atoms with van der Waals surface area (Å²) in [6.07, 6.45) is 6.74. The van der Waals surface area contributed by atoms with Crippen LogP contribution in [0.1, 0.15) is 5.56 Å². The first-order valence-electron chi connectivity index (χ1n) is 4.48. The summed E-state index contributed by atoms with van der Waals surface area (Å²) in [5.74, 6) is -0.0776. The Labute approximate surface area is 82.7 Å². The summed E-state index contributed by atoms with van der Waals surface area (Å²) in [7, 11) is 0. The molecule has 2 nitrogen and oxygen atoms in total. The van der Waals surface area contributed by atoms with Crippen LogP contribution in [0.15, 0.2) is 54.6 Å². The minimum Gasteiger partial charge on any atom is -0.312 e. The van der Waals surface area contributed by atoms with Crippen LogP contribution in [0.25, 0.3) is 0 Å². The molecule has 2 N–H and O–H groups in total. The zero-order chi connectivity index (χ0) is 10.0. The van der Waals surface area contributed by atoms with Gasteiger partial charge in [0.2, 0.25) is 0 Å². The van der Waals surface area contributed by atoms with Gasteiger partial charge in [-0.25, -0.2) is 0 Å². The van der Waals surface area contributed by atoms with Gasteiger partial charge in [0.1, 0.15) is 5.54 Å². The zero-order valence-corrected chi connectivity index (χ0v) is 7.68. The monoisotopic (exact) mass is 185 g/mol. The van der Waals surface area contributed by atoms with E-state index in [2.05, 4.69) is 0 Å². The SMILES string of the molecule is NC1(c2ccccc2)C=CC=CC1=O. The Hall–Kier alpha value is -1.67. The highest BCUT2D eigenvalue weighted by molar-refractivity contribution is 6.01. The van der Waals surface area contributed by atoms with Crippen molar-refractivity contribution in [1.29, 1.82) is 0 Å². The summed E-state index contributed by atoms with van der Waals surface area (Å²) in [6, 6.07) is 9.38. The van der Waals surface area contributed by atoms with Crippen LogP contribution in [0.2, 0.25) is 0 Å². The Morgan fingerprint density at radius 1 is 1.07 bits per heavy atom. The van der Waals surface area contributed by atoms with Crippen molar-refractivity contribution in [2.45, 2.75) is 5.54 Å². The molecular formula is C12H11NO. The third kappa shape index (κ3) is 1.30. The predicted octanol–water partition coefficient (Wildman–Crippen LogP) is 1.54. The Bertz CT molecular complexity index is 406. The molecule has 0 fully saturated rings. The van der Waals surface area contributed by atoms with Crippen LogP contribution in [-0.2, 0) is 10.3 Å². The number of allylic oxidation sites excluding steroid dienone is 2. The normalized spacial score (nSPS) is 25.4. The third-order valence-electron chi connectivity index (χ3n) is 2.38. The highest BCUT2D eigenvalue weighted by atomic mass is 16.1. The largest absolute Gasteiger partial charge is 0.312 e. The second-order valence-electron chi connectivity index (χ2n) is 3.32. The Balaban J connectivity index is 2.47. The molecule has 0 amide bonds. The van der Waals surface area contributed by atoms with Crippen molar-refractivity contribution in [2.75, 3.05) is 0 Å². The van der Waals surface area contributed by atoms with E-state index in [9.17, 15) is 4.79 Å². The smallest absolute Gasteiger partial charge is 0.183 e. The number of hydrogen-bond donors (Lipinski definition) is 1. The minimum atomic E-state index is -0.976. The number of benzene rings is 1. The number of ketones is 1. The molecule has 0 aromatic heterocycles. The Morgan fingerprint density at radius 3 is 2.43 bits per heavy atom. The molecule has 0 spiro atoms. The molecule has 0 saturated carbocycles. The maximum absolute atomic E-state index is 11.7. The molecule has 1 aliphatic rings. The maximum atomic E-state index is 11.7. The van der Waals surface area contributed by atoms with Gasteiger partial charge in [0.25, 0.3) is 0 Å². The second kappa shape index (κ2) is 3.24. The standard InChI is InChI=1S/C12H11NO/c13-12(9-5-4-8-11(12)14)10-6-2-1-3-7-10/h1-9H,13H2. The number of carbonyl (C=O) groups excluding carboxylic acids is 1. The van der Waals surface area contributed by atoms with Crippen LogP contribution in [-0.4, -0.2) is 5.78 Å². The van der Waals surface area contributed by atoms with Gasteiger partial charge in [-0.1, -0.05) is 48.6 Å². The van der Waals surface area contributed by atoms with Crippen molar-refractivity contribution in [1.82, 2.24) is 0 Å². The molecule has 1 unspecified atom stereocenters. The van der Waals surface area contributed by atoms with Crippen LogP contribution in [0.3, 0.4) is 0 Å². The van der Waals surface area contributed by atoms with E-state index in [0.717, 1.165) is 5.56 Å². The Kier molecular flexibility index (Phi) is 2.06. The quantitative estimate of drug-likeness (QED) is 0.721. The van der Waals surface area contributed by atoms with Gasteiger partial charge in [0, 0.05) is 0 Å². The molecule has 0 radical (unpaired) electrons. The van der Waals surface area contributed by atoms with Gasteiger partial charge < -0.3 is 5.73 Å². The van der Waals surface area contributed by atoms with Crippen molar-refractivity contribution in [2.24, 2.45) is 5.73 Å². The lowest BCUT2D eigenvalue weighted by Gasteiger charge is -2.25. The van der Waals surface area contributed by atoms with Crippen molar-refractivity contribution in [3.05, 3.63) is 60.2 Å². The predicted molar refractivity (Wildman–Crippen MR) is 55.6 cm³/mol. The molecule has 0 bridgehead atoms. The van der Waals surface area contributed by atoms with E-state index in [-0.39, 0.29) is 5.78 Å². The molecule has 2 rings (SSSR count). The summed E-state index contributed by atoms with van der Waals surface area (Å²) in [6.45, 7) is 0. The van der Waals surface area contributed by atoms with E-state index in [0.29, 0.717) is 0 Å². The van der Waals surface area contributed by atoms with Crippen LogP contribution >= 0.6 is 0 Å². The highest BCUT2D eigenvalue weighted by Gasteiger charge is 2.32. The van der Waals surface area contributed by atoms with E-state index < -0.39 is 5.54 Å². The van der Waals surface area contributed by atoms with Gasteiger partial charge >= 0.3 is 0 Å². The van der Waals surface area contributed by atoms with E-state index in [1.807, 2.05) is 30.3 Å².